The fourth-order valence-electron chi connectivity index (χ4n) is 2.79. The summed E-state index contributed by atoms with van der Waals surface area (Å²) in [6.45, 7) is 2.72. The number of fused-ring (bicyclic) bond motifs is 1. The summed E-state index contributed by atoms with van der Waals surface area (Å²) in [5.41, 5.74) is 2.30. The molecule has 0 bridgehead atoms. The van der Waals surface area contributed by atoms with Crippen LogP contribution in [0.15, 0.2) is 18.2 Å². The molecule has 1 saturated heterocycles. The van der Waals surface area contributed by atoms with Crippen molar-refractivity contribution in [2.75, 3.05) is 19.7 Å². The summed E-state index contributed by atoms with van der Waals surface area (Å²) in [4.78, 5) is 12.0. The Morgan fingerprint density at radius 1 is 1.45 bits per heavy atom. The summed E-state index contributed by atoms with van der Waals surface area (Å²) in [5.74, 6) is 1.09. The number of carbonyl (C=O) groups excluding carboxylic acids is 1. The van der Waals surface area contributed by atoms with Crippen LogP contribution in [-0.2, 0) is 17.6 Å². The molecule has 2 aliphatic rings. The molecule has 0 aromatic heterocycles. The Balaban J connectivity index is 0.00000147. The Kier molecular flexibility index (Phi) is 5.26. The van der Waals surface area contributed by atoms with Crippen molar-refractivity contribution >= 4 is 18.3 Å². The van der Waals surface area contributed by atoms with Crippen LogP contribution in [0.1, 0.15) is 24.0 Å². The van der Waals surface area contributed by atoms with Gasteiger partial charge in [-0.2, -0.15) is 0 Å². The number of halogens is 1. The lowest BCUT2D eigenvalue weighted by atomic mass is 10.0. The van der Waals surface area contributed by atoms with Crippen LogP contribution in [0.5, 0.6) is 5.75 Å². The molecule has 0 radical (unpaired) electrons. The van der Waals surface area contributed by atoms with E-state index in [-0.39, 0.29) is 18.3 Å². The molecule has 5 heteroatoms. The third kappa shape index (κ3) is 3.64. The van der Waals surface area contributed by atoms with E-state index in [2.05, 4.69) is 16.7 Å². The van der Waals surface area contributed by atoms with Crippen LogP contribution in [0.2, 0.25) is 0 Å². The van der Waals surface area contributed by atoms with Gasteiger partial charge in [-0.1, -0.05) is 12.1 Å². The molecule has 1 amide bonds. The SMILES string of the molecule is Cl.O=C(Cc1ccc2c(c1)CCO2)N[C@H]1CCCNC1. The van der Waals surface area contributed by atoms with Gasteiger partial charge >= 0.3 is 0 Å². The van der Waals surface area contributed by atoms with Gasteiger partial charge in [0, 0.05) is 19.0 Å². The lowest BCUT2D eigenvalue weighted by molar-refractivity contribution is -0.121. The maximum atomic E-state index is 12.0. The third-order valence-corrected chi connectivity index (χ3v) is 3.78. The van der Waals surface area contributed by atoms with E-state index in [1.165, 1.54) is 5.56 Å². The summed E-state index contributed by atoms with van der Waals surface area (Å²) >= 11 is 0. The molecule has 1 aromatic rings. The molecule has 0 aliphatic carbocycles. The van der Waals surface area contributed by atoms with E-state index in [0.717, 1.165) is 50.3 Å². The van der Waals surface area contributed by atoms with Crippen molar-refractivity contribution in [1.29, 1.82) is 0 Å². The van der Waals surface area contributed by atoms with Crippen LogP contribution in [0.25, 0.3) is 0 Å². The number of piperidine rings is 1. The normalized spacial score (nSPS) is 20.5. The van der Waals surface area contributed by atoms with E-state index >= 15 is 0 Å². The van der Waals surface area contributed by atoms with Crippen molar-refractivity contribution < 1.29 is 9.53 Å². The Morgan fingerprint density at radius 3 is 3.15 bits per heavy atom. The van der Waals surface area contributed by atoms with Gasteiger partial charge in [-0.3, -0.25) is 4.79 Å². The van der Waals surface area contributed by atoms with Gasteiger partial charge in [0.25, 0.3) is 0 Å². The average Bonchev–Trinajstić information content (AvgIpc) is 2.87. The number of hydrogen-bond donors (Lipinski definition) is 2. The number of rotatable bonds is 3. The highest BCUT2D eigenvalue weighted by Gasteiger charge is 2.17. The highest BCUT2D eigenvalue weighted by molar-refractivity contribution is 5.85. The van der Waals surface area contributed by atoms with Gasteiger partial charge in [-0.05, 0) is 36.6 Å². The number of amides is 1. The maximum Gasteiger partial charge on any atom is 0.224 e. The van der Waals surface area contributed by atoms with Gasteiger partial charge in [0.2, 0.25) is 5.91 Å². The largest absolute Gasteiger partial charge is 0.493 e. The molecule has 1 aromatic carbocycles. The molecule has 1 fully saturated rings. The molecule has 2 N–H and O–H groups in total. The summed E-state index contributed by atoms with van der Waals surface area (Å²) in [6, 6.07) is 6.36. The van der Waals surface area contributed by atoms with E-state index < -0.39 is 0 Å². The zero-order valence-electron chi connectivity index (χ0n) is 11.5. The first-order chi connectivity index (χ1) is 9.31. The molecule has 0 spiro atoms. The number of benzene rings is 1. The highest BCUT2D eigenvalue weighted by Crippen LogP contribution is 2.25. The number of ether oxygens (including phenoxy) is 1. The summed E-state index contributed by atoms with van der Waals surface area (Å²) in [5, 5.41) is 6.41. The number of carbonyl (C=O) groups is 1. The maximum absolute atomic E-state index is 12.0. The Bertz CT molecular complexity index is 473. The second kappa shape index (κ2) is 6.95. The van der Waals surface area contributed by atoms with Gasteiger partial charge in [0.15, 0.2) is 0 Å². The molecule has 110 valence electrons. The van der Waals surface area contributed by atoms with E-state index in [1.54, 1.807) is 0 Å². The Morgan fingerprint density at radius 2 is 2.35 bits per heavy atom. The first kappa shape index (κ1) is 15.1. The van der Waals surface area contributed by atoms with Gasteiger partial charge in [0.1, 0.15) is 5.75 Å². The minimum Gasteiger partial charge on any atom is -0.493 e. The van der Waals surface area contributed by atoms with Gasteiger partial charge in [-0.25, -0.2) is 0 Å². The van der Waals surface area contributed by atoms with Crippen molar-refractivity contribution in [2.45, 2.75) is 31.7 Å². The molecule has 0 unspecified atom stereocenters. The second-order valence-electron chi connectivity index (χ2n) is 5.33. The van der Waals surface area contributed by atoms with Crippen molar-refractivity contribution in [3.8, 4) is 5.75 Å². The minimum atomic E-state index is 0. The first-order valence-electron chi connectivity index (χ1n) is 7.06. The van der Waals surface area contributed by atoms with Crippen LogP contribution in [0, 0.1) is 0 Å². The predicted octanol–water partition coefficient (Wildman–Crippen LogP) is 1.45. The molecule has 3 rings (SSSR count). The molecule has 4 nitrogen and oxygen atoms in total. The van der Waals surface area contributed by atoms with Gasteiger partial charge in [-0.15, -0.1) is 12.4 Å². The van der Waals surface area contributed by atoms with Gasteiger partial charge < -0.3 is 15.4 Å². The number of hydrogen-bond acceptors (Lipinski definition) is 3. The quantitative estimate of drug-likeness (QED) is 0.888. The predicted molar refractivity (Wildman–Crippen MR) is 80.6 cm³/mol. The Labute approximate surface area is 125 Å². The van der Waals surface area contributed by atoms with Crippen LogP contribution >= 0.6 is 12.4 Å². The Hall–Kier alpha value is -1.26. The first-order valence-corrected chi connectivity index (χ1v) is 7.06. The lowest BCUT2D eigenvalue weighted by Gasteiger charge is -2.23. The fraction of sp³-hybridized carbons (Fsp3) is 0.533. The van der Waals surface area contributed by atoms with Crippen molar-refractivity contribution in [3.63, 3.8) is 0 Å². The smallest absolute Gasteiger partial charge is 0.224 e. The molecule has 1 atom stereocenters. The molecular weight excluding hydrogens is 276 g/mol. The minimum absolute atomic E-state index is 0. The van der Waals surface area contributed by atoms with Crippen LogP contribution in [0.4, 0.5) is 0 Å². The van der Waals surface area contributed by atoms with Crippen LogP contribution < -0.4 is 15.4 Å². The van der Waals surface area contributed by atoms with Crippen LogP contribution in [-0.4, -0.2) is 31.6 Å². The summed E-state index contributed by atoms with van der Waals surface area (Å²) in [6.07, 6.45) is 3.64. The van der Waals surface area contributed by atoms with E-state index in [0.29, 0.717) is 12.5 Å². The van der Waals surface area contributed by atoms with Crippen molar-refractivity contribution in [3.05, 3.63) is 29.3 Å². The molecule has 2 aliphatic heterocycles. The summed E-state index contributed by atoms with van der Waals surface area (Å²) < 4.78 is 5.47. The zero-order chi connectivity index (χ0) is 13.1. The second-order valence-corrected chi connectivity index (χ2v) is 5.33. The topological polar surface area (TPSA) is 50.4 Å². The molecule has 20 heavy (non-hydrogen) atoms. The third-order valence-electron chi connectivity index (χ3n) is 3.78. The van der Waals surface area contributed by atoms with Crippen molar-refractivity contribution in [2.24, 2.45) is 0 Å². The number of nitrogens with one attached hydrogen (secondary N) is 2. The molecule has 2 heterocycles. The van der Waals surface area contributed by atoms with Gasteiger partial charge in [0.05, 0.1) is 13.0 Å². The monoisotopic (exact) mass is 296 g/mol. The van der Waals surface area contributed by atoms with Crippen LogP contribution in [0.3, 0.4) is 0 Å². The van der Waals surface area contributed by atoms with E-state index in [4.69, 9.17) is 4.74 Å². The zero-order valence-corrected chi connectivity index (χ0v) is 12.3. The lowest BCUT2D eigenvalue weighted by Crippen LogP contribution is -2.46. The molecular formula is C15H21ClN2O2. The molecule has 0 saturated carbocycles. The van der Waals surface area contributed by atoms with Crippen molar-refractivity contribution in [1.82, 2.24) is 10.6 Å². The fourth-order valence-corrected chi connectivity index (χ4v) is 2.79. The average molecular weight is 297 g/mol. The standard InChI is InChI=1S/C15H20N2O2.ClH/c18-15(17-13-2-1-6-16-10-13)9-11-3-4-14-12(8-11)5-7-19-14;/h3-4,8,13,16H,1-2,5-7,9-10H2,(H,17,18);1H/t13-;/m0./s1. The van der Waals surface area contributed by atoms with E-state index in [1.807, 2.05) is 12.1 Å². The highest BCUT2D eigenvalue weighted by atomic mass is 35.5. The van der Waals surface area contributed by atoms with E-state index in [9.17, 15) is 4.79 Å². The summed E-state index contributed by atoms with van der Waals surface area (Å²) in [7, 11) is 0.